The van der Waals surface area contributed by atoms with Crippen LogP contribution in [0.2, 0.25) is 0 Å². The minimum Gasteiger partial charge on any atom is -0.406 e. The number of carbonyl (C=O) groups is 1. The summed E-state index contributed by atoms with van der Waals surface area (Å²) in [7, 11) is 0. The number of amides is 1. The molecule has 0 fully saturated rings. The molecule has 0 radical (unpaired) electrons. The van der Waals surface area contributed by atoms with Gasteiger partial charge in [-0.3, -0.25) is 4.79 Å². The lowest BCUT2D eigenvalue weighted by molar-refractivity contribution is -0.274. The van der Waals surface area contributed by atoms with Crippen molar-refractivity contribution in [3.8, 4) is 5.75 Å². The summed E-state index contributed by atoms with van der Waals surface area (Å²) in [5.41, 5.74) is 0.654. The predicted octanol–water partition coefficient (Wildman–Crippen LogP) is 3.77. The highest BCUT2D eigenvalue weighted by atomic mass is 19.4. The zero-order chi connectivity index (χ0) is 16.2. The lowest BCUT2D eigenvalue weighted by Gasteiger charge is -2.31. The van der Waals surface area contributed by atoms with Gasteiger partial charge in [0.05, 0.1) is 6.42 Å². The van der Waals surface area contributed by atoms with Crippen LogP contribution in [0.1, 0.15) is 33.3 Å². The molecule has 0 aliphatic carbocycles. The van der Waals surface area contributed by atoms with E-state index in [1.807, 2.05) is 27.7 Å². The maximum Gasteiger partial charge on any atom is 0.573 e. The molecule has 0 aliphatic heterocycles. The molecule has 0 heterocycles. The summed E-state index contributed by atoms with van der Waals surface area (Å²) in [6, 6.07) is 5.52. The fourth-order valence-electron chi connectivity index (χ4n) is 2.25. The Balaban J connectivity index is 2.73. The molecule has 0 aliphatic rings. The first-order valence-corrected chi connectivity index (χ1v) is 6.76. The molecule has 118 valence electrons. The van der Waals surface area contributed by atoms with Crippen molar-refractivity contribution in [2.45, 2.75) is 52.6 Å². The molecule has 6 heteroatoms. The van der Waals surface area contributed by atoms with Crippen molar-refractivity contribution < 1.29 is 22.7 Å². The molecule has 1 amide bonds. The smallest absolute Gasteiger partial charge is 0.406 e. The fourth-order valence-corrected chi connectivity index (χ4v) is 2.25. The maximum atomic E-state index is 12.2. The molecule has 21 heavy (non-hydrogen) atoms. The van der Waals surface area contributed by atoms with Gasteiger partial charge in [-0.05, 0) is 45.4 Å². The number of hydrogen-bond acceptors (Lipinski definition) is 2. The van der Waals surface area contributed by atoms with Crippen molar-refractivity contribution in [3.63, 3.8) is 0 Å². The van der Waals surface area contributed by atoms with Crippen LogP contribution in [0.15, 0.2) is 24.3 Å². The third-order valence-electron chi connectivity index (χ3n) is 2.91. The van der Waals surface area contributed by atoms with E-state index in [9.17, 15) is 18.0 Å². The van der Waals surface area contributed by atoms with Crippen LogP contribution in [0.5, 0.6) is 5.75 Å². The van der Waals surface area contributed by atoms with Crippen LogP contribution >= 0.6 is 0 Å². The molecule has 0 spiro atoms. The standard InChI is InChI=1S/C15H20F3NO2/c1-10(2)19(11(3)4)14(20)9-12-5-7-13(8-6-12)21-15(16,17)18/h5-8,10-11H,9H2,1-4H3. The third kappa shape index (κ3) is 5.65. The van der Waals surface area contributed by atoms with Crippen LogP contribution in [0.3, 0.4) is 0 Å². The van der Waals surface area contributed by atoms with E-state index in [2.05, 4.69) is 4.74 Å². The molecular weight excluding hydrogens is 283 g/mol. The van der Waals surface area contributed by atoms with Gasteiger partial charge in [0.25, 0.3) is 0 Å². The van der Waals surface area contributed by atoms with Crippen molar-refractivity contribution in [3.05, 3.63) is 29.8 Å². The van der Waals surface area contributed by atoms with Gasteiger partial charge in [0, 0.05) is 12.1 Å². The van der Waals surface area contributed by atoms with E-state index in [0.717, 1.165) is 0 Å². The van der Waals surface area contributed by atoms with E-state index in [1.54, 1.807) is 4.90 Å². The predicted molar refractivity (Wildman–Crippen MR) is 73.9 cm³/mol. The third-order valence-corrected chi connectivity index (χ3v) is 2.91. The van der Waals surface area contributed by atoms with Gasteiger partial charge in [-0.15, -0.1) is 13.2 Å². The van der Waals surface area contributed by atoms with Gasteiger partial charge in [-0.1, -0.05) is 12.1 Å². The first-order valence-electron chi connectivity index (χ1n) is 6.76. The van der Waals surface area contributed by atoms with Gasteiger partial charge in [-0.2, -0.15) is 0 Å². The van der Waals surface area contributed by atoms with Crippen LogP contribution in [0.4, 0.5) is 13.2 Å². The quantitative estimate of drug-likeness (QED) is 0.828. The summed E-state index contributed by atoms with van der Waals surface area (Å²) in [6.45, 7) is 7.71. The highest BCUT2D eigenvalue weighted by Crippen LogP contribution is 2.23. The maximum absolute atomic E-state index is 12.2. The van der Waals surface area contributed by atoms with Gasteiger partial charge in [0.15, 0.2) is 0 Å². The van der Waals surface area contributed by atoms with Gasteiger partial charge < -0.3 is 9.64 Å². The van der Waals surface area contributed by atoms with Crippen molar-refractivity contribution in [2.75, 3.05) is 0 Å². The molecule has 0 atom stereocenters. The summed E-state index contributed by atoms with van der Waals surface area (Å²) in [5, 5.41) is 0. The van der Waals surface area contributed by atoms with Crippen molar-refractivity contribution in [1.29, 1.82) is 0 Å². The largest absolute Gasteiger partial charge is 0.573 e. The number of carbonyl (C=O) groups excluding carboxylic acids is 1. The SMILES string of the molecule is CC(C)N(C(=O)Cc1ccc(OC(F)(F)F)cc1)C(C)C. The zero-order valence-electron chi connectivity index (χ0n) is 12.6. The number of hydrogen-bond donors (Lipinski definition) is 0. The van der Waals surface area contributed by atoms with Crippen LogP contribution in [0.25, 0.3) is 0 Å². The first-order chi connectivity index (χ1) is 9.60. The first kappa shape index (κ1) is 17.3. The van der Waals surface area contributed by atoms with E-state index in [0.29, 0.717) is 5.56 Å². The number of halogens is 3. The molecule has 0 saturated carbocycles. The van der Waals surface area contributed by atoms with Crippen molar-refractivity contribution in [2.24, 2.45) is 0 Å². The van der Waals surface area contributed by atoms with Crippen LogP contribution in [0, 0.1) is 0 Å². The molecule has 0 unspecified atom stereocenters. The Kier molecular flexibility index (Phi) is 5.63. The highest BCUT2D eigenvalue weighted by Gasteiger charge is 2.31. The van der Waals surface area contributed by atoms with Gasteiger partial charge in [0.1, 0.15) is 5.75 Å². The Morgan fingerprint density at radius 3 is 1.95 bits per heavy atom. The Morgan fingerprint density at radius 2 is 1.57 bits per heavy atom. The van der Waals surface area contributed by atoms with Gasteiger partial charge >= 0.3 is 6.36 Å². The summed E-state index contributed by atoms with van der Waals surface area (Å²) in [5.74, 6) is -0.340. The van der Waals surface area contributed by atoms with Crippen molar-refractivity contribution >= 4 is 5.91 Å². The topological polar surface area (TPSA) is 29.5 Å². The summed E-state index contributed by atoms with van der Waals surface area (Å²) >= 11 is 0. The second-order valence-electron chi connectivity index (χ2n) is 5.36. The molecule has 1 aromatic rings. The van der Waals surface area contributed by atoms with Crippen LogP contribution in [-0.2, 0) is 11.2 Å². The van der Waals surface area contributed by atoms with E-state index in [4.69, 9.17) is 0 Å². The van der Waals surface area contributed by atoms with Crippen LogP contribution in [-0.4, -0.2) is 29.3 Å². The van der Waals surface area contributed by atoms with Crippen LogP contribution < -0.4 is 4.74 Å². The van der Waals surface area contributed by atoms with Crippen molar-refractivity contribution in [1.82, 2.24) is 4.90 Å². The second-order valence-corrected chi connectivity index (χ2v) is 5.36. The molecule has 0 bridgehead atoms. The summed E-state index contributed by atoms with van der Waals surface area (Å²) < 4.78 is 39.9. The molecular formula is C15H20F3NO2. The Bertz CT molecular complexity index is 459. The van der Waals surface area contributed by atoms with E-state index >= 15 is 0 Å². The zero-order valence-corrected chi connectivity index (χ0v) is 12.6. The van der Waals surface area contributed by atoms with E-state index in [-0.39, 0.29) is 30.2 Å². The molecule has 3 nitrogen and oxygen atoms in total. The minimum atomic E-state index is -4.70. The molecule has 0 saturated heterocycles. The lowest BCUT2D eigenvalue weighted by Crippen LogP contribution is -2.42. The molecule has 0 aromatic heterocycles. The molecule has 1 aromatic carbocycles. The molecule has 1 rings (SSSR count). The fraction of sp³-hybridized carbons (Fsp3) is 0.533. The summed E-state index contributed by atoms with van der Waals surface area (Å²) in [6.07, 6.45) is -4.55. The van der Waals surface area contributed by atoms with Gasteiger partial charge in [0.2, 0.25) is 5.91 Å². The number of benzene rings is 1. The number of rotatable bonds is 5. The normalized spacial score (nSPS) is 11.9. The second kappa shape index (κ2) is 6.83. The highest BCUT2D eigenvalue weighted by molar-refractivity contribution is 5.79. The monoisotopic (exact) mass is 303 g/mol. The molecule has 0 N–H and O–H groups in total. The Hall–Kier alpha value is -1.72. The Morgan fingerprint density at radius 1 is 1.10 bits per heavy atom. The Labute approximate surface area is 122 Å². The average Bonchev–Trinajstić information content (AvgIpc) is 2.28. The average molecular weight is 303 g/mol. The number of ether oxygens (including phenoxy) is 1. The van der Waals surface area contributed by atoms with E-state index in [1.165, 1.54) is 24.3 Å². The lowest BCUT2D eigenvalue weighted by atomic mass is 10.1. The number of nitrogens with zero attached hydrogens (tertiary/aromatic N) is 1. The number of alkyl halides is 3. The summed E-state index contributed by atoms with van der Waals surface area (Å²) in [4.78, 5) is 14.0. The minimum absolute atomic E-state index is 0.0514. The van der Waals surface area contributed by atoms with E-state index < -0.39 is 6.36 Å². The van der Waals surface area contributed by atoms with Gasteiger partial charge in [-0.25, -0.2) is 0 Å².